The van der Waals surface area contributed by atoms with Gasteiger partial charge < -0.3 is 4.90 Å². The Bertz CT molecular complexity index is 792. The molecule has 2 saturated heterocycles. The van der Waals surface area contributed by atoms with Crippen LogP contribution in [-0.4, -0.2) is 42.3 Å². The minimum absolute atomic E-state index is 0.0668. The molecule has 0 aromatic heterocycles. The van der Waals surface area contributed by atoms with Crippen LogP contribution in [0.25, 0.3) is 0 Å². The Balaban J connectivity index is 2.01. The minimum Gasteiger partial charge on any atom is -0.316 e. The fraction of sp³-hybridized carbons (Fsp3) is 0.529. The van der Waals surface area contributed by atoms with E-state index in [1.54, 1.807) is 0 Å². The van der Waals surface area contributed by atoms with E-state index in [9.17, 15) is 13.2 Å². The Morgan fingerprint density at radius 1 is 1.21 bits per heavy atom. The van der Waals surface area contributed by atoms with E-state index in [-0.39, 0.29) is 28.7 Å². The highest BCUT2D eigenvalue weighted by molar-refractivity contribution is 8.16. The fourth-order valence-electron chi connectivity index (χ4n) is 2.83. The Morgan fingerprint density at radius 3 is 2.42 bits per heavy atom. The molecule has 1 aromatic carbocycles. The van der Waals surface area contributed by atoms with Crippen LogP contribution in [0.15, 0.2) is 29.3 Å². The maximum absolute atomic E-state index is 12.4. The van der Waals surface area contributed by atoms with Crippen molar-refractivity contribution in [3.63, 3.8) is 0 Å². The quantitative estimate of drug-likeness (QED) is 0.764. The van der Waals surface area contributed by atoms with E-state index in [0.717, 1.165) is 11.3 Å². The molecule has 1 amide bonds. The molecular weight excluding hydrogens is 344 g/mol. The van der Waals surface area contributed by atoms with Crippen molar-refractivity contribution >= 4 is 38.4 Å². The standard InChI is InChI=1S/C17H22N2O3S2/c1-11-5-7-12(8-6-11)19-13-9-24(21,22)10-14(13)23-16(19)18-15(20)17(2,3)4/h5-8,13-14H,9-10H2,1-4H3/t13-,14-/m0/s1. The van der Waals surface area contributed by atoms with Crippen molar-refractivity contribution in [1.82, 2.24) is 0 Å². The van der Waals surface area contributed by atoms with E-state index in [1.165, 1.54) is 11.8 Å². The van der Waals surface area contributed by atoms with Gasteiger partial charge in [0.05, 0.1) is 17.5 Å². The smallest absolute Gasteiger partial charge is 0.253 e. The van der Waals surface area contributed by atoms with Crippen LogP contribution in [0.2, 0.25) is 0 Å². The summed E-state index contributed by atoms with van der Waals surface area (Å²) in [5.74, 6) is 0.0688. The number of benzene rings is 1. The summed E-state index contributed by atoms with van der Waals surface area (Å²) in [5, 5.41) is 0.548. The molecular formula is C17H22N2O3S2. The second-order valence-electron chi connectivity index (χ2n) is 7.46. The monoisotopic (exact) mass is 366 g/mol. The van der Waals surface area contributed by atoms with Crippen molar-refractivity contribution in [2.24, 2.45) is 10.4 Å². The number of amidine groups is 1. The van der Waals surface area contributed by atoms with Crippen LogP contribution in [0.5, 0.6) is 0 Å². The predicted molar refractivity (Wildman–Crippen MR) is 99.4 cm³/mol. The highest BCUT2D eigenvalue weighted by Gasteiger charge is 2.49. The summed E-state index contributed by atoms with van der Waals surface area (Å²) in [6.07, 6.45) is 0. The van der Waals surface area contributed by atoms with Crippen molar-refractivity contribution in [1.29, 1.82) is 0 Å². The third-order valence-electron chi connectivity index (χ3n) is 4.22. The van der Waals surface area contributed by atoms with Crippen LogP contribution in [0, 0.1) is 12.3 Å². The highest BCUT2D eigenvalue weighted by atomic mass is 32.2. The third-order valence-corrected chi connectivity index (χ3v) is 7.43. The fourth-order valence-corrected chi connectivity index (χ4v) is 6.74. The zero-order valence-corrected chi connectivity index (χ0v) is 15.9. The lowest BCUT2D eigenvalue weighted by molar-refractivity contribution is -0.124. The van der Waals surface area contributed by atoms with Crippen molar-refractivity contribution in [2.45, 2.75) is 39.0 Å². The molecule has 2 heterocycles. The number of nitrogens with zero attached hydrogens (tertiary/aromatic N) is 2. The summed E-state index contributed by atoms with van der Waals surface area (Å²) in [6, 6.07) is 7.73. The number of sulfone groups is 1. The second kappa shape index (κ2) is 5.88. The lowest BCUT2D eigenvalue weighted by Gasteiger charge is -2.25. The summed E-state index contributed by atoms with van der Waals surface area (Å²) < 4.78 is 24.0. The number of aryl methyl sites for hydroxylation is 1. The Hall–Kier alpha value is -1.34. The normalized spacial score (nSPS) is 27.5. The van der Waals surface area contributed by atoms with Gasteiger partial charge in [0.1, 0.15) is 0 Å². The summed E-state index contributed by atoms with van der Waals surface area (Å²) in [7, 11) is -3.04. The van der Waals surface area contributed by atoms with Gasteiger partial charge >= 0.3 is 0 Å². The first-order chi connectivity index (χ1) is 11.1. The maximum atomic E-state index is 12.4. The van der Waals surface area contributed by atoms with Gasteiger partial charge in [-0.1, -0.05) is 50.2 Å². The summed E-state index contributed by atoms with van der Waals surface area (Å²) >= 11 is 1.41. The highest BCUT2D eigenvalue weighted by Crippen LogP contribution is 2.41. The van der Waals surface area contributed by atoms with Crippen LogP contribution in [0.4, 0.5) is 5.69 Å². The molecule has 0 spiro atoms. The molecule has 2 aliphatic heterocycles. The number of hydrogen-bond acceptors (Lipinski definition) is 4. The molecule has 24 heavy (non-hydrogen) atoms. The van der Waals surface area contributed by atoms with E-state index in [0.29, 0.717) is 5.17 Å². The summed E-state index contributed by atoms with van der Waals surface area (Å²) in [5.41, 5.74) is 1.46. The molecule has 2 aliphatic rings. The third kappa shape index (κ3) is 3.37. The van der Waals surface area contributed by atoms with Crippen LogP contribution < -0.4 is 4.90 Å². The van der Waals surface area contributed by atoms with E-state index in [4.69, 9.17) is 0 Å². The number of fused-ring (bicyclic) bond motifs is 1. The number of amides is 1. The Kier molecular flexibility index (Phi) is 4.28. The van der Waals surface area contributed by atoms with Crippen LogP contribution in [0.3, 0.4) is 0 Å². The van der Waals surface area contributed by atoms with Gasteiger partial charge in [0.2, 0.25) is 0 Å². The van der Waals surface area contributed by atoms with Crippen molar-refractivity contribution in [2.75, 3.05) is 16.4 Å². The van der Waals surface area contributed by atoms with Crippen LogP contribution >= 0.6 is 11.8 Å². The molecule has 0 unspecified atom stereocenters. The largest absolute Gasteiger partial charge is 0.316 e. The van der Waals surface area contributed by atoms with Gasteiger partial charge in [-0.25, -0.2) is 8.42 Å². The van der Waals surface area contributed by atoms with Gasteiger partial charge in [-0.15, -0.1) is 0 Å². The summed E-state index contributed by atoms with van der Waals surface area (Å²) in [6.45, 7) is 7.50. The van der Waals surface area contributed by atoms with E-state index in [1.807, 2.05) is 56.9 Å². The first kappa shape index (κ1) is 17.5. The number of aliphatic imine (C=N–C) groups is 1. The average molecular weight is 367 g/mol. The molecule has 130 valence electrons. The minimum atomic E-state index is -3.04. The molecule has 0 aliphatic carbocycles. The average Bonchev–Trinajstić information content (AvgIpc) is 2.90. The molecule has 5 nitrogen and oxygen atoms in total. The predicted octanol–water partition coefficient (Wildman–Crippen LogP) is 2.64. The zero-order chi connectivity index (χ0) is 17.7. The number of carbonyl (C=O) groups is 1. The van der Waals surface area contributed by atoms with Gasteiger partial charge in [0.25, 0.3) is 5.91 Å². The van der Waals surface area contributed by atoms with Gasteiger partial charge in [0.15, 0.2) is 15.0 Å². The number of carbonyl (C=O) groups excluding carboxylic acids is 1. The van der Waals surface area contributed by atoms with E-state index >= 15 is 0 Å². The van der Waals surface area contributed by atoms with E-state index < -0.39 is 15.3 Å². The van der Waals surface area contributed by atoms with Crippen LogP contribution in [-0.2, 0) is 14.6 Å². The van der Waals surface area contributed by atoms with Crippen molar-refractivity contribution < 1.29 is 13.2 Å². The molecule has 0 saturated carbocycles. The van der Waals surface area contributed by atoms with Gasteiger partial charge in [-0.2, -0.15) is 4.99 Å². The molecule has 0 bridgehead atoms. The van der Waals surface area contributed by atoms with Gasteiger partial charge in [0, 0.05) is 16.4 Å². The molecule has 2 atom stereocenters. The Labute approximate surface area is 147 Å². The topological polar surface area (TPSA) is 66.8 Å². The number of hydrogen-bond donors (Lipinski definition) is 0. The van der Waals surface area contributed by atoms with Gasteiger partial charge in [-0.3, -0.25) is 4.79 Å². The second-order valence-corrected chi connectivity index (χ2v) is 10.8. The van der Waals surface area contributed by atoms with Crippen LogP contribution in [0.1, 0.15) is 26.3 Å². The lowest BCUT2D eigenvalue weighted by atomic mass is 9.96. The molecule has 3 rings (SSSR count). The first-order valence-electron chi connectivity index (χ1n) is 7.93. The maximum Gasteiger partial charge on any atom is 0.253 e. The van der Waals surface area contributed by atoms with Crippen molar-refractivity contribution in [3.8, 4) is 0 Å². The molecule has 1 aromatic rings. The number of thioether (sulfide) groups is 1. The first-order valence-corrected chi connectivity index (χ1v) is 10.6. The molecule has 0 N–H and O–H groups in total. The SMILES string of the molecule is Cc1ccc(N2C(=NC(=O)C(C)(C)C)S[C@H]3CS(=O)(=O)C[C@@H]32)cc1. The number of rotatable bonds is 1. The van der Waals surface area contributed by atoms with E-state index in [2.05, 4.69) is 4.99 Å². The Morgan fingerprint density at radius 2 is 1.83 bits per heavy atom. The molecule has 0 radical (unpaired) electrons. The lowest BCUT2D eigenvalue weighted by Crippen LogP contribution is -2.38. The number of anilines is 1. The zero-order valence-electron chi connectivity index (χ0n) is 14.3. The van der Waals surface area contributed by atoms with Gasteiger partial charge in [-0.05, 0) is 19.1 Å². The molecule has 2 fully saturated rings. The van der Waals surface area contributed by atoms with Crippen molar-refractivity contribution in [3.05, 3.63) is 29.8 Å². The summed E-state index contributed by atoms with van der Waals surface area (Å²) in [4.78, 5) is 18.6. The molecule has 7 heteroatoms.